The molecule has 9 heteroatoms. The second-order valence-electron chi connectivity index (χ2n) is 4.34. The maximum absolute atomic E-state index is 12.1. The largest absolute Gasteiger partial charge is 0.573 e. The van der Waals surface area contributed by atoms with Crippen LogP contribution in [0.2, 0.25) is 0 Å². The van der Waals surface area contributed by atoms with E-state index in [1.807, 2.05) is 0 Å². The maximum atomic E-state index is 12.1. The van der Waals surface area contributed by atoms with Gasteiger partial charge in [-0.05, 0) is 31.2 Å². The van der Waals surface area contributed by atoms with Crippen LogP contribution in [0.15, 0.2) is 34.6 Å². The highest BCUT2D eigenvalue weighted by Crippen LogP contribution is 2.24. The molecule has 0 fully saturated rings. The lowest BCUT2D eigenvalue weighted by Crippen LogP contribution is -2.17. The van der Waals surface area contributed by atoms with Crippen LogP contribution in [0.3, 0.4) is 0 Å². The molecule has 0 radical (unpaired) electrons. The molecular formula is C14H13F3N2O3S. The third-order valence-corrected chi connectivity index (χ3v) is 3.62. The number of carbonyl (C=O) groups is 1. The highest BCUT2D eigenvalue weighted by atomic mass is 32.1. The Labute approximate surface area is 133 Å². The molecule has 0 atom stereocenters. The van der Waals surface area contributed by atoms with Gasteiger partial charge in [-0.2, -0.15) is 0 Å². The van der Waals surface area contributed by atoms with Gasteiger partial charge >= 0.3 is 12.3 Å². The van der Waals surface area contributed by atoms with E-state index in [0.29, 0.717) is 16.2 Å². The molecule has 0 unspecified atom stereocenters. The van der Waals surface area contributed by atoms with Crippen molar-refractivity contribution in [1.82, 2.24) is 4.57 Å². The summed E-state index contributed by atoms with van der Waals surface area (Å²) in [5.41, 5.74) is 0.792. The number of thiazole rings is 1. The van der Waals surface area contributed by atoms with Gasteiger partial charge in [0.05, 0.1) is 12.3 Å². The summed E-state index contributed by atoms with van der Waals surface area (Å²) in [5, 5.41) is 1.61. The highest BCUT2D eigenvalue weighted by molar-refractivity contribution is 7.07. The summed E-state index contributed by atoms with van der Waals surface area (Å²) >= 11 is 1.22. The Morgan fingerprint density at radius 1 is 1.30 bits per heavy atom. The monoisotopic (exact) mass is 346 g/mol. The molecule has 0 aliphatic heterocycles. The Kier molecular flexibility index (Phi) is 5.09. The van der Waals surface area contributed by atoms with Gasteiger partial charge in [-0.15, -0.1) is 24.5 Å². The van der Waals surface area contributed by atoms with Gasteiger partial charge in [0, 0.05) is 12.4 Å². The van der Waals surface area contributed by atoms with Crippen molar-refractivity contribution in [3.05, 3.63) is 40.1 Å². The average molecular weight is 346 g/mol. The normalized spacial score (nSPS) is 12.3. The van der Waals surface area contributed by atoms with Gasteiger partial charge in [0.2, 0.25) is 0 Å². The average Bonchev–Trinajstić information content (AvgIpc) is 2.81. The molecule has 124 valence electrons. The minimum atomic E-state index is -4.73. The predicted octanol–water partition coefficient (Wildman–Crippen LogP) is 3.39. The molecule has 0 aliphatic rings. The third-order valence-electron chi connectivity index (χ3n) is 2.70. The number of benzene rings is 1. The Balaban J connectivity index is 2.24. The van der Waals surface area contributed by atoms with Gasteiger partial charge in [-0.25, -0.2) is 9.79 Å². The predicted molar refractivity (Wildman–Crippen MR) is 77.6 cm³/mol. The number of esters is 1. The van der Waals surface area contributed by atoms with Gasteiger partial charge in [-0.3, -0.25) is 0 Å². The van der Waals surface area contributed by atoms with E-state index in [0.717, 1.165) is 0 Å². The Hall–Kier alpha value is -2.29. The molecule has 0 N–H and O–H groups in total. The van der Waals surface area contributed by atoms with Crippen molar-refractivity contribution in [3.63, 3.8) is 0 Å². The smallest absolute Gasteiger partial charge is 0.461 e. The number of aromatic nitrogens is 1. The van der Waals surface area contributed by atoms with Gasteiger partial charge in [-0.1, -0.05) is 0 Å². The number of hydrogen-bond donors (Lipinski definition) is 0. The molecule has 1 aromatic carbocycles. The van der Waals surface area contributed by atoms with Crippen LogP contribution in [0.5, 0.6) is 5.75 Å². The fourth-order valence-corrected chi connectivity index (χ4v) is 2.58. The van der Waals surface area contributed by atoms with Gasteiger partial charge < -0.3 is 14.0 Å². The number of alkyl halides is 3. The standard InChI is InChI=1S/C14H13F3N2O3S/c1-3-21-12(20)11-8-23-13(19(11)2)18-9-4-6-10(7-5-9)22-14(15,16)17/h4-8H,3H2,1-2H3. The van der Waals surface area contributed by atoms with Crippen LogP contribution < -0.4 is 9.54 Å². The molecule has 2 aromatic rings. The topological polar surface area (TPSA) is 52.8 Å². The highest BCUT2D eigenvalue weighted by Gasteiger charge is 2.30. The fourth-order valence-electron chi connectivity index (χ4n) is 1.69. The molecule has 0 amide bonds. The number of hydrogen-bond acceptors (Lipinski definition) is 5. The Morgan fingerprint density at radius 2 is 1.96 bits per heavy atom. The SMILES string of the molecule is CCOC(=O)c1csc(=Nc2ccc(OC(F)(F)F)cc2)n1C. The quantitative estimate of drug-likeness (QED) is 0.798. The summed E-state index contributed by atoms with van der Waals surface area (Å²) in [6, 6.07) is 5.13. The second-order valence-corrected chi connectivity index (χ2v) is 5.17. The molecular weight excluding hydrogens is 333 g/mol. The molecule has 0 spiro atoms. The van der Waals surface area contributed by atoms with Crippen molar-refractivity contribution < 1.29 is 27.4 Å². The van der Waals surface area contributed by atoms with Crippen LogP contribution >= 0.6 is 11.3 Å². The second kappa shape index (κ2) is 6.86. The molecule has 1 aromatic heterocycles. The molecule has 0 bridgehead atoms. The van der Waals surface area contributed by atoms with E-state index in [-0.39, 0.29) is 12.4 Å². The van der Waals surface area contributed by atoms with Crippen molar-refractivity contribution in [1.29, 1.82) is 0 Å². The van der Waals surface area contributed by atoms with Crippen LogP contribution in [-0.2, 0) is 11.8 Å². The van der Waals surface area contributed by atoms with Crippen molar-refractivity contribution in [2.24, 2.45) is 12.0 Å². The van der Waals surface area contributed by atoms with Crippen LogP contribution in [0.4, 0.5) is 18.9 Å². The minimum Gasteiger partial charge on any atom is -0.461 e. The molecule has 23 heavy (non-hydrogen) atoms. The summed E-state index contributed by atoms with van der Waals surface area (Å²) in [5.74, 6) is -0.777. The van der Waals surface area contributed by atoms with Gasteiger partial charge in [0.25, 0.3) is 0 Å². The van der Waals surface area contributed by atoms with Crippen molar-refractivity contribution in [3.8, 4) is 5.75 Å². The van der Waals surface area contributed by atoms with E-state index in [1.54, 1.807) is 23.9 Å². The van der Waals surface area contributed by atoms with E-state index in [1.165, 1.54) is 35.6 Å². The zero-order valence-corrected chi connectivity index (χ0v) is 13.1. The number of ether oxygens (including phenoxy) is 2. The molecule has 2 rings (SSSR count). The summed E-state index contributed by atoms with van der Waals surface area (Å²) < 4.78 is 46.5. The molecule has 5 nitrogen and oxygen atoms in total. The third kappa shape index (κ3) is 4.59. The lowest BCUT2D eigenvalue weighted by molar-refractivity contribution is -0.274. The zero-order chi connectivity index (χ0) is 17.0. The number of nitrogens with zero attached hydrogens (tertiary/aromatic N) is 2. The lowest BCUT2D eigenvalue weighted by Gasteiger charge is -2.08. The summed E-state index contributed by atoms with van der Waals surface area (Å²) in [6.45, 7) is 1.97. The van der Waals surface area contributed by atoms with E-state index >= 15 is 0 Å². The first kappa shape index (κ1) is 17.1. The number of rotatable bonds is 4. The lowest BCUT2D eigenvalue weighted by atomic mass is 10.3. The van der Waals surface area contributed by atoms with Crippen LogP contribution in [0.25, 0.3) is 0 Å². The van der Waals surface area contributed by atoms with Crippen molar-refractivity contribution in [2.75, 3.05) is 6.61 Å². The van der Waals surface area contributed by atoms with E-state index in [4.69, 9.17) is 4.74 Å². The molecule has 1 heterocycles. The first-order valence-corrected chi connectivity index (χ1v) is 7.40. The first-order valence-electron chi connectivity index (χ1n) is 6.52. The Morgan fingerprint density at radius 3 is 2.52 bits per heavy atom. The molecule has 0 saturated heterocycles. The van der Waals surface area contributed by atoms with Crippen molar-refractivity contribution >= 4 is 23.0 Å². The van der Waals surface area contributed by atoms with Crippen LogP contribution in [0.1, 0.15) is 17.4 Å². The van der Waals surface area contributed by atoms with Gasteiger partial charge in [0.15, 0.2) is 4.80 Å². The molecule has 0 aliphatic carbocycles. The van der Waals surface area contributed by atoms with Crippen LogP contribution in [-0.4, -0.2) is 23.5 Å². The van der Waals surface area contributed by atoms with Gasteiger partial charge in [0.1, 0.15) is 11.4 Å². The minimum absolute atomic E-state index is 0.266. The Bertz CT molecular complexity index is 748. The van der Waals surface area contributed by atoms with E-state index in [9.17, 15) is 18.0 Å². The van der Waals surface area contributed by atoms with E-state index in [2.05, 4.69) is 9.73 Å². The summed E-state index contributed by atoms with van der Waals surface area (Å²) in [6.07, 6.45) is -4.73. The number of carbonyl (C=O) groups excluding carboxylic acids is 1. The molecule has 0 saturated carbocycles. The zero-order valence-electron chi connectivity index (χ0n) is 12.3. The summed E-state index contributed by atoms with van der Waals surface area (Å²) in [4.78, 5) is 16.5. The van der Waals surface area contributed by atoms with Crippen molar-refractivity contribution in [2.45, 2.75) is 13.3 Å². The van der Waals surface area contributed by atoms with E-state index < -0.39 is 12.3 Å². The maximum Gasteiger partial charge on any atom is 0.573 e. The number of halogens is 3. The fraction of sp³-hybridized carbons (Fsp3) is 0.286. The first-order chi connectivity index (χ1) is 10.8. The summed E-state index contributed by atoms with van der Waals surface area (Å²) in [7, 11) is 1.66. The van der Waals surface area contributed by atoms with Crippen LogP contribution in [0, 0.1) is 0 Å².